The van der Waals surface area contributed by atoms with Gasteiger partial charge in [-0.1, -0.05) is 44.0 Å². The molecule has 0 bridgehead atoms. The maximum Gasteiger partial charge on any atom is 0.327 e. The van der Waals surface area contributed by atoms with Gasteiger partial charge in [-0.2, -0.15) is 0 Å². The minimum atomic E-state index is -0.970. The molecule has 0 saturated heterocycles. The maximum atomic E-state index is 12.5. The second-order valence-corrected chi connectivity index (χ2v) is 9.21. The first-order valence-corrected chi connectivity index (χ1v) is 11.7. The molecule has 0 heterocycles. The number of halogens is 2. The van der Waals surface area contributed by atoms with Crippen LogP contribution >= 0.6 is 23.2 Å². The highest BCUT2D eigenvalue weighted by atomic mass is 35.5. The third-order valence-corrected chi connectivity index (χ3v) is 5.39. The molecule has 0 fully saturated rings. The van der Waals surface area contributed by atoms with Gasteiger partial charge in [0.25, 0.3) is 0 Å². The highest BCUT2D eigenvalue weighted by Crippen LogP contribution is 2.41. The summed E-state index contributed by atoms with van der Waals surface area (Å²) in [4.78, 5) is 24.3. The number of esters is 2. The van der Waals surface area contributed by atoms with Crippen molar-refractivity contribution in [2.75, 3.05) is 26.9 Å². The Labute approximate surface area is 210 Å². The van der Waals surface area contributed by atoms with Gasteiger partial charge in [-0.25, -0.2) is 4.79 Å². The molecule has 34 heavy (non-hydrogen) atoms. The van der Waals surface area contributed by atoms with Crippen LogP contribution in [0.4, 0.5) is 0 Å². The summed E-state index contributed by atoms with van der Waals surface area (Å²) in [5.41, 5.74) is 1.21. The fraction of sp³-hybridized carbons (Fsp3) is 0.440. The summed E-state index contributed by atoms with van der Waals surface area (Å²) in [6.07, 6.45) is 0. The van der Waals surface area contributed by atoms with Crippen LogP contribution in [-0.4, -0.2) is 38.8 Å². The van der Waals surface area contributed by atoms with Crippen LogP contribution in [0.1, 0.15) is 51.8 Å². The second kappa shape index (κ2) is 12.3. The molecule has 7 nitrogen and oxygen atoms in total. The number of ether oxygens (including phenoxy) is 4. The largest absolute Gasteiger partial charge is 0.496 e. The van der Waals surface area contributed by atoms with Crippen molar-refractivity contribution in [1.29, 1.82) is 0 Å². The Hall–Kier alpha value is -2.48. The minimum absolute atomic E-state index is 0.173. The number of benzene rings is 2. The molecule has 1 atom stereocenters. The van der Waals surface area contributed by atoms with Crippen molar-refractivity contribution in [3.8, 4) is 17.2 Å². The van der Waals surface area contributed by atoms with E-state index in [-0.39, 0.29) is 41.0 Å². The summed E-state index contributed by atoms with van der Waals surface area (Å²) in [5.74, 6) is 0.452. The van der Waals surface area contributed by atoms with Gasteiger partial charge in [0.2, 0.25) is 0 Å². The number of carbonyl (C=O) groups excluding carboxylic acids is 2. The zero-order valence-electron chi connectivity index (χ0n) is 20.3. The van der Waals surface area contributed by atoms with Crippen LogP contribution in [0.2, 0.25) is 10.0 Å². The zero-order chi connectivity index (χ0) is 25.5. The van der Waals surface area contributed by atoms with E-state index >= 15 is 0 Å². The van der Waals surface area contributed by atoms with Gasteiger partial charge in [-0.05, 0) is 55.2 Å². The van der Waals surface area contributed by atoms with Gasteiger partial charge in [0.1, 0.15) is 17.5 Å². The van der Waals surface area contributed by atoms with E-state index in [9.17, 15) is 9.59 Å². The van der Waals surface area contributed by atoms with Gasteiger partial charge < -0.3 is 18.9 Å². The van der Waals surface area contributed by atoms with Gasteiger partial charge in [0, 0.05) is 5.56 Å². The SMILES string of the molecule is CCOC(=O)CNC(C(=O)OCC)c1cc(Cl)c(Oc2ccc(OC)c(C(C)(C)C)c2)c(Cl)c1. The lowest BCUT2D eigenvalue weighted by Crippen LogP contribution is -2.34. The van der Waals surface area contributed by atoms with Crippen molar-refractivity contribution in [3.63, 3.8) is 0 Å². The smallest absolute Gasteiger partial charge is 0.327 e. The Kier molecular flexibility index (Phi) is 10.0. The molecule has 0 aromatic heterocycles. The molecule has 9 heteroatoms. The van der Waals surface area contributed by atoms with E-state index in [0.29, 0.717) is 11.3 Å². The Morgan fingerprint density at radius 3 is 2.15 bits per heavy atom. The highest BCUT2D eigenvalue weighted by molar-refractivity contribution is 6.37. The van der Waals surface area contributed by atoms with Crippen LogP contribution < -0.4 is 14.8 Å². The van der Waals surface area contributed by atoms with Crippen molar-refractivity contribution in [3.05, 3.63) is 51.5 Å². The third kappa shape index (κ3) is 7.26. The highest BCUT2D eigenvalue weighted by Gasteiger charge is 2.26. The molecule has 2 aromatic rings. The number of methoxy groups -OCH3 is 1. The number of rotatable bonds is 10. The van der Waals surface area contributed by atoms with Crippen molar-refractivity contribution >= 4 is 35.1 Å². The maximum absolute atomic E-state index is 12.5. The molecule has 1 unspecified atom stereocenters. The van der Waals surface area contributed by atoms with Gasteiger partial charge in [-0.15, -0.1) is 0 Å². The summed E-state index contributed by atoms with van der Waals surface area (Å²) in [5, 5.41) is 3.24. The molecule has 186 valence electrons. The molecule has 0 aliphatic carbocycles. The molecule has 0 aliphatic rings. The minimum Gasteiger partial charge on any atom is -0.496 e. The van der Waals surface area contributed by atoms with Crippen LogP contribution in [0.3, 0.4) is 0 Å². The Morgan fingerprint density at radius 2 is 1.62 bits per heavy atom. The molecule has 0 saturated carbocycles. The fourth-order valence-corrected chi connectivity index (χ4v) is 3.84. The summed E-state index contributed by atoms with van der Waals surface area (Å²) in [6, 6.07) is 7.59. The van der Waals surface area contributed by atoms with Gasteiger partial charge in [-0.3, -0.25) is 10.1 Å². The number of carbonyl (C=O) groups is 2. The van der Waals surface area contributed by atoms with E-state index in [1.54, 1.807) is 39.2 Å². The molecule has 0 spiro atoms. The average Bonchev–Trinajstić information content (AvgIpc) is 2.76. The molecular weight excluding hydrogens is 481 g/mol. The molecule has 1 N–H and O–H groups in total. The first-order chi connectivity index (χ1) is 16.0. The first-order valence-electron chi connectivity index (χ1n) is 10.9. The lowest BCUT2D eigenvalue weighted by atomic mass is 9.86. The van der Waals surface area contributed by atoms with Crippen LogP contribution in [0, 0.1) is 0 Å². The monoisotopic (exact) mass is 511 g/mol. The van der Waals surface area contributed by atoms with Crippen molar-refractivity contribution < 1.29 is 28.5 Å². The fourth-order valence-electron chi connectivity index (χ4n) is 3.26. The summed E-state index contributed by atoms with van der Waals surface area (Å²) in [7, 11) is 1.62. The number of nitrogens with one attached hydrogen (secondary N) is 1. The van der Waals surface area contributed by atoms with Crippen molar-refractivity contribution in [2.45, 2.75) is 46.1 Å². The Morgan fingerprint density at radius 1 is 1.00 bits per heavy atom. The van der Waals surface area contributed by atoms with E-state index in [1.807, 2.05) is 12.1 Å². The average molecular weight is 512 g/mol. The zero-order valence-corrected chi connectivity index (χ0v) is 21.8. The Bertz CT molecular complexity index is 996. The summed E-state index contributed by atoms with van der Waals surface area (Å²) >= 11 is 13.0. The Balaban J connectivity index is 2.37. The standard InChI is InChI=1S/C25H31Cl2NO6/c1-7-32-21(29)14-28-22(24(30)33-8-2)15-11-18(26)23(19(27)12-15)34-16-9-10-20(31-6)17(13-16)25(3,4)5/h9-13,22,28H,7-8,14H2,1-6H3. The van der Waals surface area contributed by atoms with Crippen molar-refractivity contribution in [2.24, 2.45) is 0 Å². The van der Waals surface area contributed by atoms with Crippen LogP contribution in [0.5, 0.6) is 17.2 Å². The number of hydrogen-bond acceptors (Lipinski definition) is 7. The molecular formula is C25H31Cl2NO6. The predicted molar refractivity (Wildman–Crippen MR) is 132 cm³/mol. The molecule has 2 rings (SSSR count). The first kappa shape index (κ1) is 27.8. The van der Waals surface area contributed by atoms with E-state index < -0.39 is 18.0 Å². The topological polar surface area (TPSA) is 83.1 Å². The van der Waals surface area contributed by atoms with E-state index in [0.717, 1.165) is 11.3 Å². The second-order valence-electron chi connectivity index (χ2n) is 8.40. The molecule has 0 radical (unpaired) electrons. The van der Waals surface area contributed by atoms with E-state index in [4.69, 9.17) is 42.1 Å². The van der Waals surface area contributed by atoms with Crippen molar-refractivity contribution in [1.82, 2.24) is 5.32 Å². The van der Waals surface area contributed by atoms with E-state index in [1.165, 1.54) is 0 Å². The molecule has 2 aromatic carbocycles. The van der Waals surface area contributed by atoms with E-state index in [2.05, 4.69) is 26.1 Å². The summed E-state index contributed by atoms with van der Waals surface area (Å²) in [6.45, 7) is 9.83. The van der Waals surface area contributed by atoms with Gasteiger partial charge >= 0.3 is 11.9 Å². The van der Waals surface area contributed by atoms with Gasteiger partial charge in [0.15, 0.2) is 5.75 Å². The predicted octanol–water partition coefficient (Wildman–Crippen LogP) is 5.85. The molecule has 0 amide bonds. The lowest BCUT2D eigenvalue weighted by Gasteiger charge is -2.23. The van der Waals surface area contributed by atoms with Crippen LogP contribution in [0.25, 0.3) is 0 Å². The quantitative estimate of drug-likeness (QED) is 0.400. The van der Waals surface area contributed by atoms with Gasteiger partial charge in [0.05, 0.1) is 36.9 Å². The normalized spacial score (nSPS) is 12.1. The van der Waals surface area contributed by atoms with Crippen LogP contribution in [0.15, 0.2) is 30.3 Å². The third-order valence-electron chi connectivity index (χ3n) is 4.83. The number of hydrogen-bond donors (Lipinski definition) is 1. The summed E-state index contributed by atoms with van der Waals surface area (Å²) < 4.78 is 21.5. The van der Waals surface area contributed by atoms with Crippen LogP contribution in [-0.2, 0) is 24.5 Å². The lowest BCUT2D eigenvalue weighted by molar-refractivity contribution is -0.146. The molecule has 0 aliphatic heterocycles.